The lowest BCUT2D eigenvalue weighted by atomic mass is 10.1. The first-order valence-corrected chi connectivity index (χ1v) is 6.51. The molecule has 2 heteroatoms. The van der Waals surface area contributed by atoms with E-state index in [4.69, 9.17) is 0 Å². The second-order valence-corrected chi connectivity index (χ2v) is 4.97. The number of nitrogens with zero attached hydrogens (tertiary/aromatic N) is 1. The molecule has 0 bridgehead atoms. The molecule has 0 spiro atoms. The summed E-state index contributed by atoms with van der Waals surface area (Å²) >= 11 is 1.80. The van der Waals surface area contributed by atoms with E-state index in [2.05, 4.69) is 41.6 Å². The predicted octanol–water partition coefficient (Wildman–Crippen LogP) is 4.47. The highest BCUT2D eigenvalue weighted by molar-refractivity contribution is 7.17. The molecule has 0 N–H and O–H groups in total. The Bertz CT molecular complexity index is 590. The Kier molecular flexibility index (Phi) is 2.37. The van der Waals surface area contributed by atoms with Gasteiger partial charge in [-0.25, -0.2) is 0 Å². The Morgan fingerprint density at radius 1 is 1.25 bits per heavy atom. The van der Waals surface area contributed by atoms with Gasteiger partial charge < -0.3 is 0 Å². The van der Waals surface area contributed by atoms with Gasteiger partial charge in [-0.3, -0.25) is 4.99 Å². The molecule has 1 aromatic carbocycles. The SMILES string of the molecule is CCCC1=Cc2cccc3scc(c23)C=N1. The quantitative estimate of drug-likeness (QED) is 0.717. The molecule has 16 heavy (non-hydrogen) atoms. The number of benzene rings is 1. The number of thiophene rings is 1. The summed E-state index contributed by atoms with van der Waals surface area (Å²) in [6.07, 6.45) is 6.44. The smallest absolute Gasteiger partial charge is 0.0409 e. The normalized spacial score (nSPS) is 13.9. The van der Waals surface area contributed by atoms with Gasteiger partial charge in [0.1, 0.15) is 0 Å². The number of rotatable bonds is 2. The number of hydrogen-bond acceptors (Lipinski definition) is 2. The summed E-state index contributed by atoms with van der Waals surface area (Å²) in [6, 6.07) is 6.49. The summed E-state index contributed by atoms with van der Waals surface area (Å²) in [7, 11) is 0. The topological polar surface area (TPSA) is 12.4 Å². The first kappa shape index (κ1) is 9.79. The van der Waals surface area contributed by atoms with Crippen molar-refractivity contribution in [1.29, 1.82) is 0 Å². The zero-order chi connectivity index (χ0) is 11.0. The average Bonchev–Trinajstić information content (AvgIpc) is 2.61. The molecule has 2 heterocycles. The largest absolute Gasteiger partial charge is 0.261 e. The van der Waals surface area contributed by atoms with Crippen LogP contribution in [0.5, 0.6) is 0 Å². The Balaban J connectivity index is 2.25. The first-order valence-electron chi connectivity index (χ1n) is 5.63. The average molecular weight is 227 g/mol. The summed E-state index contributed by atoms with van der Waals surface area (Å²) < 4.78 is 1.35. The molecule has 3 rings (SSSR count). The summed E-state index contributed by atoms with van der Waals surface area (Å²) in [5.74, 6) is 0. The Morgan fingerprint density at radius 2 is 2.19 bits per heavy atom. The molecule has 0 saturated heterocycles. The van der Waals surface area contributed by atoms with Crippen LogP contribution >= 0.6 is 11.3 Å². The molecule has 2 aromatic rings. The van der Waals surface area contributed by atoms with Crippen molar-refractivity contribution in [3.63, 3.8) is 0 Å². The van der Waals surface area contributed by atoms with E-state index in [9.17, 15) is 0 Å². The molecule has 1 nitrogen and oxygen atoms in total. The predicted molar refractivity (Wildman–Crippen MR) is 72.3 cm³/mol. The van der Waals surface area contributed by atoms with Crippen molar-refractivity contribution in [2.75, 3.05) is 0 Å². The lowest BCUT2D eigenvalue weighted by molar-refractivity contribution is 0.902. The third-order valence-corrected chi connectivity index (χ3v) is 3.82. The zero-order valence-corrected chi connectivity index (χ0v) is 10.1. The summed E-state index contributed by atoms with van der Waals surface area (Å²) in [4.78, 5) is 4.57. The molecule has 1 aliphatic heterocycles. The van der Waals surface area contributed by atoms with Crippen molar-refractivity contribution in [2.45, 2.75) is 19.8 Å². The van der Waals surface area contributed by atoms with E-state index in [1.807, 2.05) is 6.21 Å². The van der Waals surface area contributed by atoms with Crippen LogP contribution in [0.1, 0.15) is 30.9 Å². The van der Waals surface area contributed by atoms with Crippen LogP contribution in [0.2, 0.25) is 0 Å². The standard InChI is InChI=1S/C14H13NS/c1-2-4-12-7-10-5-3-6-13-14(10)11(8-15-12)9-16-13/h3,5-9H,2,4H2,1H3. The molecule has 80 valence electrons. The summed E-state index contributed by atoms with van der Waals surface area (Å²) in [5.41, 5.74) is 3.77. The van der Waals surface area contributed by atoms with Crippen LogP contribution in [0.25, 0.3) is 16.2 Å². The highest BCUT2D eigenvalue weighted by atomic mass is 32.1. The van der Waals surface area contributed by atoms with Crippen LogP contribution in [0.3, 0.4) is 0 Å². The van der Waals surface area contributed by atoms with Gasteiger partial charge in [0.15, 0.2) is 0 Å². The van der Waals surface area contributed by atoms with Crippen LogP contribution in [0.15, 0.2) is 34.3 Å². The highest BCUT2D eigenvalue weighted by Crippen LogP contribution is 2.31. The van der Waals surface area contributed by atoms with Crippen LogP contribution < -0.4 is 0 Å². The van der Waals surface area contributed by atoms with Crippen molar-refractivity contribution < 1.29 is 0 Å². The van der Waals surface area contributed by atoms with E-state index in [-0.39, 0.29) is 0 Å². The monoisotopic (exact) mass is 227 g/mol. The maximum absolute atomic E-state index is 4.57. The molecule has 1 aliphatic rings. The highest BCUT2D eigenvalue weighted by Gasteiger charge is 2.09. The fraction of sp³-hybridized carbons (Fsp3) is 0.214. The van der Waals surface area contributed by atoms with E-state index in [1.54, 1.807) is 11.3 Å². The minimum atomic E-state index is 1.06. The minimum absolute atomic E-state index is 1.06. The Hall–Kier alpha value is -1.41. The van der Waals surface area contributed by atoms with Gasteiger partial charge >= 0.3 is 0 Å². The molecule has 0 atom stereocenters. The Labute approximate surface area is 99.1 Å². The van der Waals surface area contributed by atoms with Crippen molar-refractivity contribution in [3.05, 3.63) is 40.4 Å². The second-order valence-electron chi connectivity index (χ2n) is 4.06. The third kappa shape index (κ3) is 1.50. The minimum Gasteiger partial charge on any atom is -0.261 e. The molecule has 0 aliphatic carbocycles. The zero-order valence-electron chi connectivity index (χ0n) is 9.23. The van der Waals surface area contributed by atoms with Crippen LogP contribution in [0, 0.1) is 0 Å². The van der Waals surface area contributed by atoms with Gasteiger partial charge in [0.25, 0.3) is 0 Å². The summed E-state index contributed by atoms with van der Waals surface area (Å²) in [6.45, 7) is 2.19. The molecule has 0 radical (unpaired) electrons. The van der Waals surface area contributed by atoms with E-state index in [0.717, 1.165) is 12.8 Å². The third-order valence-electron chi connectivity index (χ3n) is 2.86. The lowest BCUT2D eigenvalue weighted by Gasteiger charge is -1.99. The van der Waals surface area contributed by atoms with Gasteiger partial charge in [-0.1, -0.05) is 25.5 Å². The van der Waals surface area contributed by atoms with Gasteiger partial charge in [0.05, 0.1) is 0 Å². The molecule has 0 unspecified atom stereocenters. The van der Waals surface area contributed by atoms with Crippen LogP contribution in [-0.2, 0) is 0 Å². The van der Waals surface area contributed by atoms with Gasteiger partial charge in [0, 0.05) is 32.9 Å². The lowest BCUT2D eigenvalue weighted by Crippen LogP contribution is -1.78. The number of hydrogen-bond donors (Lipinski definition) is 0. The van der Waals surface area contributed by atoms with Gasteiger partial charge in [0.2, 0.25) is 0 Å². The molecular weight excluding hydrogens is 214 g/mol. The second kappa shape index (κ2) is 3.87. The van der Waals surface area contributed by atoms with Crippen molar-refractivity contribution >= 4 is 33.7 Å². The fourth-order valence-electron chi connectivity index (χ4n) is 2.12. The van der Waals surface area contributed by atoms with Crippen molar-refractivity contribution in [2.24, 2.45) is 4.99 Å². The summed E-state index contributed by atoms with van der Waals surface area (Å²) in [5, 5.41) is 3.56. The van der Waals surface area contributed by atoms with Gasteiger partial charge in [-0.05, 0) is 24.1 Å². The van der Waals surface area contributed by atoms with E-state index >= 15 is 0 Å². The van der Waals surface area contributed by atoms with Crippen LogP contribution in [-0.4, -0.2) is 6.21 Å². The maximum atomic E-state index is 4.57. The number of aliphatic imine (C=N–C) groups is 1. The molecular formula is C14H13NS. The molecule has 0 saturated carbocycles. The number of allylic oxidation sites excluding steroid dienone is 1. The first-order chi connectivity index (χ1) is 7.88. The van der Waals surface area contributed by atoms with Gasteiger partial charge in [-0.15, -0.1) is 11.3 Å². The van der Waals surface area contributed by atoms with E-state index in [0.29, 0.717) is 0 Å². The molecule has 0 amide bonds. The molecule has 1 aromatic heterocycles. The van der Waals surface area contributed by atoms with Crippen molar-refractivity contribution in [3.8, 4) is 0 Å². The Morgan fingerprint density at radius 3 is 3.06 bits per heavy atom. The van der Waals surface area contributed by atoms with E-state index < -0.39 is 0 Å². The van der Waals surface area contributed by atoms with Gasteiger partial charge in [-0.2, -0.15) is 0 Å². The van der Waals surface area contributed by atoms with Crippen LogP contribution in [0.4, 0.5) is 0 Å². The fourth-order valence-corrected chi connectivity index (χ4v) is 3.06. The van der Waals surface area contributed by atoms with Crippen molar-refractivity contribution in [1.82, 2.24) is 0 Å². The maximum Gasteiger partial charge on any atom is 0.0409 e. The van der Waals surface area contributed by atoms with E-state index in [1.165, 1.54) is 26.9 Å². The molecule has 0 fully saturated rings.